The van der Waals surface area contributed by atoms with Crippen LogP contribution in [0.5, 0.6) is 0 Å². The summed E-state index contributed by atoms with van der Waals surface area (Å²) in [6.07, 6.45) is 2.11. The van der Waals surface area contributed by atoms with Crippen LogP contribution in [0.2, 0.25) is 0 Å². The Morgan fingerprint density at radius 2 is 1.88 bits per heavy atom. The number of amides is 1. The molecule has 33 heavy (non-hydrogen) atoms. The number of nitrogens with one attached hydrogen (secondary N) is 1. The van der Waals surface area contributed by atoms with Crippen molar-refractivity contribution in [3.05, 3.63) is 64.5 Å². The van der Waals surface area contributed by atoms with Crippen LogP contribution in [0.4, 0.5) is 15.8 Å². The topological polar surface area (TPSA) is 113 Å². The summed E-state index contributed by atoms with van der Waals surface area (Å²) in [4.78, 5) is 26.8. The highest BCUT2D eigenvalue weighted by Gasteiger charge is 2.32. The van der Waals surface area contributed by atoms with Gasteiger partial charge in [0, 0.05) is 44.0 Å². The highest BCUT2D eigenvalue weighted by atomic mass is 32.2. The summed E-state index contributed by atoms with van der Waals surface area (Å²) < 4.78 is 41.9. The fourth-order valence-electron chi connectivity index (χ4n) is 3.59. The van der Waals surface area contributed by atoms with Gasteiger partial charge in [0.15, 0.2) is 0 Å². The molecule has 1 aliphatic rings. The highest BCUT2D eigenvalue weighted by Crippen LogP contribution is 2.23. The van der Waals surface area contributed by atoms with Crippen molar-refractivity contribution in [3.63, 3.8) is 0 Å². The predicted molar refractivity (Wildman–Crippen MR) is 125 cm³/mol. The molecular weight excluding hydrogens is 471 g/mol. The number of nitro groups is 1. The van der Waals surface area contributed by atoms with Crippen molar-refractivity contribution in [1.29, 1.82) is 0 Å². The summed E-state index contributed by atoms with van der Waals surface area (Å²) in [7, 11) is -4.23. The van der Waals surface area contributed by atoms with Crippen molar-refractivity contribution in [2.75, 3.05) is 43.1 Å². The van der Waals surface area contributed by atoms with Gasteiger partial charge in [0.1, 0.15) is 16.8 Å². The number of carbonyl (C=O) groups excluding carboxylic acids is 1. The van der Waals surface area contributed by atoms with Crippen LogP contribution in [0.1, 0.15) is 6.42 Å². The monoisotopic (exact) mass is 496 g/mol. The molecule has 178 valence electrons. The van der Waals surface area contributed by atoms with Crippen LogP contribution in [0, 0.1) is 15.9 Å². The smallest absolute Gasteiger partial charge is 0.271 e. The van der Waals surface area contributed by atoms with Gasteiger partial charge in [0.05, 0.1) is 4.92 Å². The third-order valence-electron chi connectivity index (χ3n) is 5.33. The van der Waals surface area contributed by atoms with Crippen molar-refractivity contribution in [3.8, 4) is 0 Å². The number of piperazine rings is 1. The van der Waals surface area contributed by atoms with E-state index in [0.717, 1.165) is 12.1 Å². The second-order valence-corrected chi connectivity index (χ2v) is 10.1. The molecule has 2 aromatic rings. The summed E-state index contributed by atoms with van der Waals surface area (Å²) in [6.45, 7) is 1.56. The molecule has 1 heterocycles. The van der Waals surface area contributed by atoms with E-state index in [1.54, 1.807) is 17.0 Å². The third kappa shape index (κ3) is 6.21. The van der Waals surface area contributed by atoms with Gasteiger partial charge in [-0.1, -0.05) is 18.2 Å². The number of nitrogens with zero attached hydrogens (tertiary/aromatic N) is 3. The third-order valence-corrected chi connectivity index (χ3v) is 7.48. The number of nitro benzene ring substituents is 1. The molecular formula is C21H25FN4O5S2. The second-order valence-electron chi connectivity index (χ2n) is 7.48. The van der Waals surface area contributed by atoms with Gasteiger partial charge >= 0.3 is 0 Å². The maximum absolute atomic E-state index is 14.1. The molecule has 0 spiro atoms. The maximum Gasteiger partial charge on any atom is 0.271 e. The van der Waals surface area contributed by atoms with E-state index in [0.29, 0.717) is 37.6 Å². The molecule has 0 aliphatic carbocycles. The van der Waals surface area contributed by atoms with Crippen molar-refractivity contribution in [2.24, 2.45) is 0 Å². The number of benzene rings is 2. The summed E-state index contributed by atoms with van der Waals surface area (Å²) in [5.41, 5.74) is 0.682. The van der Waals surface area contributed by atoms with Gasteiger partial charge in [-0.2, -0.15) is 16.5 Å². The van der Waals surface area contributed by atoms with Crippen LogP contribution in [0.3, 0.4) is 0 Å². The summed E-state index contributed by atoms with van der Waals surface area (Å²) in [6, 6.07) is 10.3. The molecule has 1 fully saturated rings. The first-order valence-electron chi connectivity index (χ1n) is 10.3. The van der Waals surface area contributed by atoms with Gasteiger partial charge in [0.2, 0.25) is 15.9 Å². The molecule has 2 aromatic carbocycles. The minimum Gasteiger partial charge on any atom is -0.368 e. The second kappa shape index (κ2) is 10.9. The van der Waals surface area contributed by atoms with Gasteiger partial charge in [-0.05, 0) is 36.6 Å². The normalized spacial score (nSPS) is 15.3. The molecule has 1 N–H and O–H groups in total. The van der Waals surface area contributed by atoms with Crippen LogP contribution in [0.15, 0.2) is 53.4 Å². The average molecular weight is 497 g/mol. The number of carbonyl (C=O) groups is 1. The molecule has 12 heteroatoms. The van der Waals surface area contributed by atoms with Gasteiger partial charge < -0.3 is 9.80 Å². The minimum absolute atomic E-state index is 0.00862. The standard InChI is InChI=1S/C21H25FN4O5S2/c1-32-14-9-19(23-33(30,31)20-8-3-2-7-18(20)22)21(27)25-12-10-24(11-13-25)16-5-4-6-17(15-16)26(28)29/h2-8,15,19,23H,9-14H2,1H3. The van der Waals surface area contributed by atoms with Gasteiger partial charge in [0.25, 0.3) is 5.69 Å². The lowest BCUT2D eigenvalue weighted by molar-refractivity contribution is -0.384. The molecule has 9 nitrogen and oxygen atoms in total. The molecule has 0 bridgehead atoms. The Balaban J connectivity index is 1.70. The lowest BCUT2D eigenvalue weighted by Gasteiger charge is -2.37. The van der Waals surface area contributed by atoms with Gasteiger partial charge in [-0.25, -0.2) is 12.8 Å². The number of hydrogen-bond acceptors (Lipinski definition) is 7. The Morgan fingerprint density at radius 3 is 2.52 bits per heavy atom. The number of non-ortho nitro benzene ring substituents is 1. The SMILES string of the molecule is CSCCC(NS(=O)(=O)c1ccccc1F)C(=O)N1CCN(c2cccc([N+](=O)[O-])c2)CC1. The van der Waals surface area contributed by atoms with E-state index in [-0.39, 0.29) is 18.0 Å². The molecule has 1 aliphatic heterocycles. The predicted octanol–water partition coefficient (Wildman–Crippen LogP) is 2.48. The first-order chi connectivity index (χ1) is 15.7. The quantitative estimate of drug-likeness (QED) is 0.419. The Kier molecular flexibility index (Phi) is 8.27. The number of rotatable bonds is 9. The van der Waals surface area contributed by atoms with E-state index in [1.807, 2.05) is 11.2 Å². The van der Waals surface area contributed by atoms with Crippen LogP contribution < -0.4 is 9.62 Å². The summed E-state index contributed by atoms with van der Waals surface area (Å²) in [5, 5.41) is 11.0. The largest absolute Gasteiger partial charge is 0.368 e. The number of halogens is 1. The fourth-order valence-corrected chi connectivity index (χ4v) is 5.36. The number of anilines is 1. The highest BCUT2D eigenvalue weighted by molar-refractivity contribution is 7.98. The number of thioether (sulfide) groups is 1. The lowest BCUT2D eigenvalue weighted by atomic mass is 10.1. The first-order valence-corrected chi connectivity index (χ1v) is 13.1. The van der Waals surface area contributed by atoms with Crippen molar-refractivity contribution in [1.82, 2.24) is 9.62 Å². The Hall–Kier alpha value is -2.70. The average Bonchev–Trinajstić information content (AvgIpc) is 2.81. The Bertz CT molecular complexity index is 1110. The van der Waals surface area contributed by atoms with E-state index in [9.17, 15) is 27.7 Å². The van der Waals surface area contributed by atoms with E-state index >= 15 is 0 Å². The van der Waals surface area contributed by atoms with Gasteiger partial charge in [-0.15, -0.1) is 0 Å². The molecule has 1 saturated heterocycles. The molecule has 1 amide bonds. The molecule has 0 saturated carbocycles. The van der Waals surface area contributed by atoms with E-state index in [2.05, 4.69) is 4.72 Å². The summed E-state index contributed by atoms with van der Waals surface area (Å²) >= 11 is 1.48. The van der Waals surface area contributed by atoms with Crippen LogP contribution in [0.25, 0.3) is 0 Å². The van der Waals surface area contributed by atoms with Crippen molar-refractivity contribution in [2.45, 2.75) is 17.4 Å². The molecule has 0 aromatic heterocycles. The maximum atomic E-state index is 14.1. The van der Waals surface area contributed by atoms with E-state index in [4.69, 9.17) is 0 Å². The van der Waals surface area contributed by atoms with Crippen LogP contribution in [-0.4, -0.2) is 68.4 Å². The van der Waals surface area contributed by atoms with E-state index < -0.39 is 31.7 Å². The van der Waals surface area contributed by atoms with Crippen molar-refractivity contribution < 1.29 is 22.5 Å². The lowest BCUT2D eigenvalue weighted by Crippen LogP contribution is -2.55. The summed E-state index contributed by atoms with van der Waals surface area (Å²) in [5.74, 6) is -0.710. The Labute approximate surface area is 196 Å². The fraction of sp³-hybridized carbons (Fsp3) is 0.381. The van der Waals surface area contributed by atoms with Crippen molar-refractivity contribution >= 4 is 39.1 Å². The zero-order valence-electron chi connectivity index (χ0n) is 18.0. The Morgan fingerprint density at radius 1 is 1.18 bits per heavy atom. The number of hydrogen-bond donors (Lipinski definition) is 1. The molecule has 1 unspecified atom stereocenters. The zero-order chi connectivity index (χ0) is 24.0. The van der Waals surface area contributed by atoms with Crippen LogP contribution >= 0.6 is 11.8 Å². The minimum atomic E-state index is -4.23. The number of sulfonamides is 1. The molecule has 0 radical (unpaired) electrons. The molecule has 3 rings (SSSR count). The zero-order valence-corrected chi connectivity index (χ0v) is 19.6. The van der Waals surface area contributed by atoms with Gasteiger partial charge in [-0.3, -0.25) is 14.9 Å². The van der Waals surface area contributed by atoms with Crippen LogP contribution in [-0.2, 0) is 14.8 Å². The first kappa shape index (κ1) is 24.9. The van der Waals surface area contributed by atoms with E-state index in [1.165, 1.54) is 36.0 Å². The molecule has 1 atom stereocenters.